The van der Waals surface area contributed by atoms with Crippen LogP contribution in [0.4, 0.5) is 0 Å². The molecule has 14 heavy (non-hydrogen) atoms. The summed E-state index contributed by atoms with van der Waals surface area (Å²) in [5.74, 6) is 0. The van der Waals surface area contributed by atoms with Gasteiger partial charge in [-0.1, -0.05) is 34.6 Å². The zero-order chi connectivity index (χ0) is 11.6. The van der Waals surface area contributed by atoms with Crippen molar-refractivity contribution in [2.24, 2.45) is 10.8 Å². The highest BCUT2D eigenvalue weighted by molar-refractivity contribution is 4.83. The van der Waals surface area contributed by atoms with Crippen molar-refractivity contribution in [1.29, 1.82) is 0 Å². The molecule has 0 saturated carbocycles. The highest BCUT2D eigenvalue weighted by Crippen LogP contribution is 2.39. The number of hydrogen-bond donors (Lipinski definition) is 0. The predicted octanol–water partition coefficient (Wildman–Crippen LogP) is 4.26. The first-order valence-electron chi connectivity index (χ1n) is 5.53. The van der Waals surface area contributed by atoms with E-state index in [9.17, 15) is 0 Å². The van der Waals surface area contributed by atoms with E-state index in [1.165, 1.54) is 6.42 Å². The summed E-state index contributed by atoms with van der Waals surface area (Å²) in [5.41, 5.74) is 0.736. The lowest BCUT2D eigenvalue weighted by atomic mass is 9.71. The standard InChI is InChI=1S/C13H28O/c1-11(2,3)9-12(4,5)10-13(6,7)14-8/h9-10H2,1-8H3. The molecule has 0 unspecified atom stereocenters. The molecule has 0 atom stereocenters. The molecular formula is C13H28O. The van der Waals surface area contributed by atoms with Gasteiger partial charge in [-0.25, -0.2) is 0 Å². The van der Waals surface area contributed by atoms with Crippen LogP contribution >= 0.6 is 0 Å². The first-order chi connectivity index (χ1) is 5.97. The fraction of sp³-hybridized carbons (Fsp3) is 1.00. The van der Waals surface area contributed by atoms with Gasteiger partial charge in [-0.05, 0) is 37.5 Å². The molecule has 1 heteroatoms. The summed E-state index contributed by atoms with van der Waals surface area (Å²) < 4.78 is 5.49. The molecular weight excluding hydrogens is 172 g/mol. The van der Waals surface area contributed by atoms with E-state index in [0.717, 1.165) is 6.42 Å². The molecule has 0 fully saturated rings. The van der Waals surface area contributed by atoms with Crippen molar-refractivity contribution in [2.45, 2.75) is 66.9 Å². The van der Waals surface area contributed by atoms with Crippen molar-refractivity contribution in [1.82, 2.24) is 0 Å². The molecule has 0 spiro atoms. The molecule has 0 aromatic carbocycles. The maximum absolute atomic E-state index is 5.49. The van der Waals surface area contributed by atoms with Crippen molar-refractivity contribution < 1.29 is 4.74 Å². The number of hydrogen-bond acceptors (Lipinski definition) is 1. The van der Waals surface area contributed by atoms with Crippen molar-refractivity contribution in [2.75, 3.05) is 7.11 Å². The average Bonchev–Trinajstić information content (AvgIpc) is 1.78. The average molecular weight is 200 g/mol. The molecule has 0 radical (unpaired) electrons. The summed E-state index contributed by atoms with van der Waals surface area (Å²) in [4.78, 5) is 0. The van der Waals surface area contributed by atoms with Crippen LogP contribution < -0.4 is 0 Å². The lowest BCUT2D eigenvalue weighted by molar-refractivity contribution is -0.0208. The summed E-state index contributed by atoms with van der Waals surface area (Å²) in [6.45, 7) is 15.9. The van der Waals surface area contributed by atoms with Crippen LogP contribution in [0.5, 0.6) is 0 Å². The molecule has 0 aliphatic rings. The van der Waals surface area contributed by atoms with Crippen LogP contribution in [-0.4, -0.2) is 12.7 Å². The number of rotatable bonds is 4. The minimum Gasteiger partial charge on any atom is -0.379 e. The first-order valence-corrected chi connectivity index (χ1v) is 5.53. The van der Waals surface area contributed by atoms with Gasteiger partial charge < -0.3 is 4.74 Å². The summed E-state index contributed by atoms with van der Waals surface area (Å²) in [6, 6.07) is 0. The van der Waals surface area contributed by atoms with E-state index in [0.29, 0.717) is 10.8 Å². The van der Waals surface area contributed by atoms with Crippen molar-refractivity contribution >= 4 is 0 Å². The number of ether oxygens (including phenoxy) is 1. The van der Waals surface area contributed by atoms with Gasteiger partial charge in [0.1, 0.15) is 0 Å². The second-order valence-corrected chi connectivity index (χ2v) is 7.04. The Morgan fingerprint density at radius 2 is 1.21 bits per heavy atom. The molecule has 0 rings (SSSR count). The Morgan fingerprint density at radius 1 is 0.786 bits per heavy atom. The SMILES string of the molecule is COC(C)(C)CC(C)(C)CC(C)(C)C. The first kappa shape index (κ1) is 14.0. The molecule has 0 aliphatic heterocycles. The summed E-state index contributed by atoms with van der Waals surface area (Å²) >= 11 is 0. The minimum atomic E-state index is -0.00521. The van der Waals surface area contributed by atoms with Crippen LogP contribution in [0.1, 0.15) is 61.3 Å². The molecule has 0 amide bonds. The lowest BCUT2D eigenvalue weighted by Gasteiger charge is -2.38. The summed E-state index contributed by atoms with van der Waals surface area (Å²) in [5, 5.41) is 0. The quantitative estimate of drug-likeness (QED) is 0.658. The Hall–Kier alpha value is -0.0400. The maximum Gasteiger partial charge on any atom is 0.0627 e. The third-order valence-electron chi connectivity index (χ3n) is 2.47. The van der Waals surface area contributed by atoms with E-state index in [1.54, 1.807) is 7.11 Å². The van der Waals surface area contributed by atoms with Gasteiger partial charge in [0.25, 0.3) is 0 Å². The van der Waals surface area contributed by atoms with E-state index >= 15 is 0 Å². The zero-order valence-corrected chi connectivity index (χ0v) is 11.3. The van der Waals surface area contributed by atoms with Crippen LogP contribution in [0.15, 0.2) is 0 Å². The topological polar surface area (TPSA) is 9.23 Å². The van der Waals surface area contributed by atoms with E-state index in [4.69, 9.17) is 4.74 Å². The Kier molecular flexibility index (Phi) is 4.21. The predicted molar refractivity (Wildman–Crippen MR) is 63.6 cm³/mol. The molecule has 0 heterocycles. The van der Waals surface area contributed by atoms with Gasteiger partial charge in [0.2, 0.25) is 0 Å². The van der Waals surface area contributed by atoms with Crippen LogP contribution in [0.25, 0.3) is 0 Å². The van der Waals surface area contributed by atoms with Gasteiger partial charge in [-0.3, -0.25) is 0 Å². The van der Waals surface area contributed by atoms with Crippen LogP contribution in [0.2, 0.25) is 0 Å². The third kappa shape index (κ3) is 6.42. The summed E-state index contributed by atoms with van der Waals surface area (Å²) in [6.07, 6.45) is 2.33. The van der Waals surface area contributed by atoms with Crippen molar-refractivity contribution in [3.8, 4) is 0 Å². The Labute approximate surface area is 90.2 Å². The minimum absolute atomic E-state index is 0.00521. The molecule has 0 N–H and O–H groups in total. The second-order valence-electron chi connectivity index (χ2n) is 7.04. The molecule has 1 nitrogen and oxygen atoms in total. The molecule has 0 aromatic rings. The molecule has 0 aromatic heterocycles. The monoisotopic (exact) mass is 200 g/mol. The summed E-state index contributed by atoms with van der Waals surface area (Å²) in [7, 11) is 1.80. The Morgan fingerprint density at radius 3 is 1.50 bits per heavy atom. The van der Waals surface area contributed by atoms with E-state index < -0.39 is 0 Å². The fourth-order valence-electron chi connectivity index (χ4n) is 2.72. The van der Waals surface area contributed by atoms with E-state index in [2.05, 4.69) is 48.5 Å². The van der Waals surface area contributed by atoms with Gasteiger partial charge in [0.15, 0.2) is 0 Å². The van der Waals surface area contributed by atoms with E-state index in [-0.39, 0.29) is 5.60 Å². The lowest BCUT2D eigenvalue weighted by Crippen LogP contribution is -2.32. The van der Waals surface area contributed by atoms with Crippen LogP contribution in [0, 0.1) is 10.8 Å². The largest absolute Gasteiger partial charge is 0.379 e. The van der Waals surface area contributed by atoms with Gasteiger partial charge >= 0.3 is 0 Å². The fourth-order valence-corrected chi connectivity index (χ4v) is 2.72. The van der Waals surface area contributed by atoms with Gasteiger partial charge in [0.05, 0.1) is 5.60 Å². The second kappa shape index (κ2) is 4.22. The number of methoxy groups -OCH3 is 1. The maximum atomic E-state index is 5.49. The molecule has 0 saturated heterocycles. The Bertz CT molecular complexity index is 172. The van der Waals surface area contributed by atoms with Gasteiger partial charge in [-0.2, -0.15) is 0 Å². The highest BCUT2D eigenvalue weighted by Gasteiger charge is 2.31. The normalized spacial score (nSPS) is 14.6. The van der Waals surface area contributed by atoms with Crippen molar-refractivity contribution in [3.05, 3.63) is 0 Å². The van der Waals surface area contributed by atoms with E-state index in [1.807, 2.05) is 0 Å². The van der Waals surface area contributed by atoms with Crippen LogP contribution in [-0.2, 0) is 4.74 Å². The molecule has 0 aliphatic carbocycles. The van der Waals surface area contributed by atoms with Crippen molar-refractivity contribution in [3.63, 3.8) is 0 Å². The third-order valence-corrected chi connectivity index (χ3v) is 2.47. The van der Waals surface area contributed by atoms with Gasteiger partial charge in [0, 0.05) is 7.11 Å². The molecule has 0 bridgehead atoms. The zero-order valence-electron chi connectivity index (χ0n) is 11.3. The molecule has 86 valence electrons. The highest BCUT2D eigenvalue weighted by atomic mass is 16.5. The van der Waals surface area contributed by atoms with Gasteiger partial charge in [-0.15, -0.1) is 0 Å². The Balaban J connectivity index is 4.35. The van der Waals surface area contributed by atoms with Crippen LogP contribution in [0.3, 0.4) is 0 Å². The smallest absolute Gasteiger partial charge is 0.0627 e.